The van der Waals surface area contributed by atoms with E-state index in [9.17, 15) is 0 Å². The highest BCUT2D eigenvalue weighted by molar-refractivity contribution is 6.33. The Balaban J connectivity index is 1.86. The maximum atomic E-state index is 6.36. The number of aromatic nitrogens is 3. The largest absolute Gasteiger partial charge is 0.361 e. The highest BCUT2D eigenvalue weighted by Gasteiger charge is 2.15. The molecule has 0 amide bonds. The Morgan fingerprint density at radius 2 is 1.85 bits per heavy atom. The fourth-order valence-electron chi connectivity index (χ4n) is 3.33. The molecule has 0 N–H and O–H groups in total. The first-order chi connectivity index (χ1) is 12.4. The number of fused-ring (bicyclic) bond motifs is 1. The quantitative estimate of drug-likeness (QED) is 0.436. The lowest BCUT2D eigenvalue weighted by Gasteiger charge is -2.10. The van der Waals surface area contributed by atoms with Crippen molar-refractivity contribution in [2.75, 3.05) is 0 Å². The number of rotatable bonds is 3. The number of aryl methyl sites for hydroxylation is 3. The van der Waals surface area contributed by atoms with Crippen LogP contribution in [0.3, 0.4) is 0 Å². The van der Waals surface area contributed by atoms with E-state index < -0.39 is 0 Å². The summed E-state index contributed by atoms with van der Waals surface area (Å²) in [5, 5.41) is 5.42. The minimum absolute atomic E-state index is 0.604. The number of hydrogen-bond acceptors (Lipinski definition) is 3. The molecule has 4 aromatic rings. The molecular weight excluding hydrogens is 369 g/mol. The summed E-state index contributed by atoms with van der Waals surface area (Å²) in [5.74, 6) is 1.73. The van der Waals surface area contributed by atoms with Crippen molar-refractivity contribution in [3.63, 3.8) is 0 Å². The lowest BCUT2D eigenvalue weighted by molar-refractivity contribution is 0.393. The van der Waals surface area contributed by atoms with E-state index in [0.29, 0.717) is 16.6 Å². The summed E-state index contributed by atoms with van der Waals surface area (Å²) in [6.45, 7) is 6.47. The minimum Gasteiger partial charge on any atom is -0.361 e. The van der Waals surface area contributed by atoms with Crippen molar-refractivity contribution in [1.82, 2.24) is 14.7 Å². The van der Waals surface area contributed by atoms with Crippen LogP contribution in [0.2, 0.25) is 10.0 Å². The Morgan fingerprint density at radius 3 is 2.58 bits per heavy atom. The maximum Gasteiger partial charge on any atom is 0.141 e. The molecule has 4 rings (SSSR count). The summed E-state index contributed by atoms with van der Waals surface area (Å²) in [7, 11) is 0. The van der Waals surface area contributed by atoms with Gasteiger partial charge in [0.05, 0.1) is 23.3 Å². The van der Waals surface area contributed by atoms with E-state index in [2.05, 4.69) is 26.8 Å². The Labute approximate surface area is 161 Å². The van der Waals surface area contributed by atoms with Gasteiger partial charge in [0.1, 0.15) is 11.6 Å². The molecule has 2 heterocycles. The summed E-state index contributed by atoms with van der Waals surface area (Å²) in [4.78, 5) is 4.68. The molecule has 26 heavy (non-hydrogen) atoms. The van der Waals surface area contributed by atoms with Gasteiger partial charge in [0.25, 0.3) is 0 Å². The summed E-state index contributed by atoms with van der Waals surface area (Å²) < 4.78 is 7.46. The van der Waals surface area contributed by atoms with Gasteiger partial charge in [-0.25, -0.2) is 4.98 Å². The molecule has 0 fully saturated rings. The zero-order valence-electron chi connectivity index (χ0n) is 14.7. The molecule has 4 nitrogen and oxygen atoms in total. The van der Waals surface area contributed by atoms with Crippen LogP contribution in [0, 0.1) is 20.8 Å². The van der Waals surface area contributed by atoms with Gasteiger partial charge in [0, 0.05) is 15.6 Å². The van der Waals surface area contributed by atoms with Crippen LogP contribution in [0.15, 0.2) is 40.9 Å². The van der Waals surface area contributed by atoms with Gasteiger partial charge >= 0.3 is 0 Å². The van der Waals surface area contributed by atoms with E-state index in [1.54, 1.807) is 6.07 Å². The summed E-state index contributed by atoms with van der Waals surface area (Å²) >= 11 is 12.5. The number of benzene rings is 2. The lowest BCUT2D eigenvalue weighted by Crippen LogP contribution is -2.02. The van der Waals surface area contributed by atoms with Crippen molar-refractivity contribution in [3.8, 4) is 11.1 Å². The molecule has 0 saturated carbocycles. The molecule has 0 aliphatic rings. The van der Waals surface area contributed by atoms with Crippen molar-refractivity contribution >= 4 is 34.2 Å². The van der Waals surface area contributed by atoms with Crippen molar-refractivity contribution in [2.45, 2.75) is 27.3 Å². The SMILES string of the molecule is Cc1noc(C)c1-c1ccc2nc(C)n(Cc3cc(Cl)ccc3Cl)c2c1. The third-order valence-electron chi connectivity index (χ3n) is 4.60. The molecule has 0 aliphatic carbocycles. The topological polar surface area (TPSA) is 43.9 Å². The van der Waals surface area contributed by atoms with Gasteiger partial charge in [0.15, 0.2) is 0 Å². The third kappa shape index (κ3) is 2.89. The second-order valence-corrected chi connectivity index (χ2v) is 7.23. The Morgan fingerprint density at radius 1 is 1.04 bits per heavy atom. The zero-order valence-corrected chi connectivity index (χ0v) is 16.2. The van der Waals surface area contributed by atoms with E-state index >= 15 is 0 Å². The van der Waals surface area contributed by atoms with Gasteiger partial charge in [-0.2, -0.15) is 0 Å². The normalized spacial score (nSPS) is 11.4. The van der Waals surface area contributed by atoms with E-state index in [0.717, 1.165) is 45.0 Å². The summed E-state index contributed by atoms with van der Waals surface area (Å²) in [6.07, 6.45) is 0. The van der Waals surface area contributed by atoms with Crippen molar-refractivity contribution < 1.29 is 4.52 Å². The second kappa shape index (κ2) is 6.45. The third-order valence-corrected chi connectivity index (χ3v) is 5.20. The molecule has 0 aliphatic heterocycles. The van der Waals surface area contributed by atoms with Crippen molar-refractivity contribution in [2.24, 2.45) is 0 Å². The van der Waals surface area contributed by atoms with Gasteiger partial charge in [-0.3, -0.25) is 0 Å². The van der Waals surface area contributed by atoms with Crippen LogP contribution in [0.4, 0.5) is 0 Å². The van der Waals surface area contributed by atoms with Gasteiger partial charge in [0.2, 0.25) is 0 Å². The fourth-order valence-corrected chi connectivity index (χ4v) is 3.70. The predicted octanol–water partition coefficient (Wildman–Crippen LogP) is 5.97. The molecule has 0 atom stereocenters. The molecule has 2 aromatic carbocycles. The fraction of sp³-hybridized carbons (Fsp3) is 0.200. The smallest absolute Gasteiger partial charge is 0.141 e. The second-order valence-electron chi connectivity index (χ2n) is 6.38. The predicted molar refractivity (Wildman–Crippen MR) is 105 cm³/mol. The van der Waals surface area contributed by atoms with E-state index in [4.69, 9.17) is 27.7 Å². The standard InChI is InChI=1S/C20H17Cl2N3O/c1-11-20(12(2)26-24-11)14-4-7-18-19(9-14)25(13(3)23-18)10-15-8-16(21)5-6-17(15)22/h4-9H,10H2,1-3H3. The van der Waals surface area contributed by atoms with Gasteiger partial charge in [-0.15, -0.1) is 0 Å². The van der Waals surface area contributed by atoms with Crippen LogP contribution in [0.25, 0.3) is 22.2 Å². The molecule has 132 valence electrons. The molecule has 0 bridgehead atoms. The van der Waals surface area contributed by atoms with Crippen LogP contribution in [-0.4, -0.2) is 14.7 Å². The highest BCUT2D eigenvalue weighted by Crippen LogP contribution is 2.31. The van der Waals surface area contributed by atoms with Crippen LogP contribution < -0.4 is 0 Å². The number of hydrogen-bond donors (Lipinski definition) is 0. The number of halogens is 2. The van der Waals surface area contributed by atoms with E-state index in [1.807, 2.05) is 39.0 Å². The maximum absolute atomic E-state index is 6.36. The van der Waals surface area contributed by atoms with Crippen molar-refractivity contribution in [1.29, 1.82) is 0 Å². The highest BCUT2D eigenvalue weighted by atomic mass is 35.5. The first-order valence-electron chi connectivity index (χ1n) is 8.28. The van der Waals surface area contributed by atoms with Gasteiger partial charge in [-0.1, -0.05) is 34.4 Å². The first kappa shape index (κ1) is 17.1. The molecule has 0 radical (unpaired) electrons. The molecular formula is C20H17Cl2N3O. The number of nitrogens with zero attached hydrogens (tertiary/aromatic N) is 3. The molecule has 6 heteroatoms. The molecule has 0 spiro atoms. The first-order valence-corrected chi connectivity index (χ1v) is 9.03. The molecule has 2 aromatic heterocycles. The van der Waals surface area contributed by atoms with Crippen LogP contribution in [0.5, 0.6) is 0 Å². The van der Waals surface area contributed by atoms with Crippen molar-refractivity contribution in [3.05, 3.63) is 69.3 Å². The minimum atomic E-state index is 0.604. The van der Waals surface area contributed by atoms with Gasteiger partial charge in [-0.05, 0) is 62.2 Å². The molecule has 0 unspecified atom stereocenters. The summed E-state index contributed by atoms with van der Waals surface area (Å²) in [6, 6.07) is 11.7. The Bertz CT molecular complexity index is 1110. The van der Waals surface area contributed by atoms with Crippen LogP contribution in [0.1, 0.15) is 22.8 Å². The number of imidazole rings is 1. The average Bonchev–Trinajstić information content (AvgIpc) is 3.10. The van der Waals surface area contributed by atoms with E-state index in [1.165, 1.54) is 0 Å². The van der Waals surface area contributed by atoms with E-state index in [-0.39, 0.29) is 0 Å². The molecule has 0 saturated heterocycles. The van der Waals surface area contributed by atoms with Crippen LogP contribution >= 0.6 is 23.2 Å². The lowest BCUT2D eigenvalue weighted by atomic mass is 10.0. The van der Waals surface area contributed by atoms with Gasteiger partial charge < -0.3 is 9.09 Å². The summed E-state index contributed by atoms with van der Waals surface area (Å²) in [5.41, 5.74) is 5.91. The zero-order chi connectivity index (χ0) is 18.4. The average molecular weight is 386 g/mol. The Hall–Kier alpha value is -2.30. The van der Waals surface area contributed by atoms with Crippen LogP contribution in [-0.2, 0) is 6.54 Å². The Kier molecular flexibility index (Phi) is 4.25. The monoisotopic (exact) mass is 385 g/mol.